The van der Waals surface area contributed by atoms with Gasteiger partial charge >= 0.3 is 0 Å². The minimum Gasteiger partial charge on any atom is -0.208 e. The molecule has 1 aliphatic carbocycles. The van der Waals surface area contributed by atoms with Crippen molar-refractivity contribution in [1.29, 1.82) is 5.26 Å². The van der Waals surface area contributed by atoms with Gasteiger partial charge in [-0.05, 0) is 37.0 Å². The SMILES string of the molecule is CC1CCCC(NS(=O)(=O)c2ccc(C#N)c(Cl)c2)C1. The van der Waals surface area contributed by atoms with Crippen LogP contribution in [-0.4, -0.2) is 14.5 Å². The van der Waals surface area contributed by atoms with E-state index in [-0.39, 0.29) is 21.5 Å². The Bertz CT molecular complexity index is 637. The summed E-state index contributed by atoms with van der Waals surface area (Å²) >= 11 is 5.89. The lowest BCUT2D eigenvalue weighted by Gasteiger charge is -2.27. The van der Waals surface area contributed by atoms with E-state index in [0.717, 1.165) is 25.7 Å². The summed E-state index contributed by atoms with van der Waals surface area (Å²) < 4.78 is 27.3. The Balaban J connectivity index is 2.18. The molecule has 4 nitrogen and oxygen atoms in total. The molecule has 0 spiro atoms. The summed E-state index contributed by atoms with van der Waals surface area (Å²) in [5.74, 6) is 0.543. The molecule has 1 aromatic carbocycles. The highest BCUT2D eigenvalue weighted by Crippen LogP contribution is 2.26. The van der Waals surface area contributed by atoms with Crippen LogP contribution in [0.25, 0.3) is 0 Å². The Morgan fingerprint density at radius 2 is 2.15 bits per heavy atom. The van der Waals surface area contributed by atoms with Crippen LogP contribution >= 0.6 is 11.6 Å². The molecular weight excluding hydrogens is 296 g/mol. The number of benzene rings is 1. The highest BCUT2D eigenvalue weighted by atomic mass is 35.5. The van der Waals surface area contributed by atoms with Gasteiger partial charge in [-0.3, -0.25) is 0 Å². The Hall–Kier alpha value is -1.09. The Morgan fingerprint density at radius 3 is 2.75 bits per heavy atom. The van der Waals surface area contributed by atoms with E-state index in [1.165, 1.54) is 18.2 Å². The third-order valence-electron chi connectivity index (χ3n) is 3.63. The number of nitrogens with one attached hydrogen (secondary N) is 1. The molecule has 1 saturated carbocycles. The lowest BCUT2D eigenvalue weighted by atomic mass is 9.88. The van der Waals surface area contributed by atoms with Gasteiger partial charge in [-0.15, -0.1) is 0 Å². The van der Waals surface area contributed by atoms with Crippen LogP contribution in [0.3, 0.4) is 0 Å². The molecule has 20 heavy (non-hydrogen) atoms. The van der Waals surface area contributed by atoms with Crippen molar-refractivity contribution in [2.75, 3.05) is 0 Å². The Morgan fingerprint density at radius 1 is 1.40 bits per heavy atom. The molecule has 1 aliphatic rings. The van der Waals surface area contributed by atoms with Gasteiger partial charge in [0.1, 0.15) is 6.07 Å². The van der Waals surface area contributed by atoms with Gasteiger partial charge in [0.2, 0.25) is 10.0 Å². The third kappa shape index (κ3) is 3.51. The molecule has 1 N–H and O–H groups in total. The molecule has 0 bridgehead atoms. The summed E-state index contributed by atoms with van der Waals surface area (Å²) in [4.78, 5) is 0.111. The summed E-state index contributed by atoms with van der Waals surface area (Å²) in [5, 5.41) is 8.96. The summed E-state index contributed by atoms with van der Waals surface area (Å²) in [6, 6.07) is 6.07. The summed E-state index contributed by atoms with van der Waals surface area (Å²) in [6.45, 7) is 2.14. The number of nitrogens with zero attached hydrogens (tertiary/aromatic N) is 1. The monoisotopic (exact) mass is 312 g/mol. The summed E-state index contributed by atoms with van der Waals surface area (Å²) in [5.41, 5.74) is 0.275. The average Bonchev–Trinajstić information content (AvgIpc) is 2.38. The third-order valence-corrected chi connectivity index (χ3v) is 5.46. The van der Waals surface area contributed by atoms with Gasteiger partial charge in [0, 0.05) is 6.04 Å². The topological polar surface area (TPSA) is 70.0 Å². The van der Waals surface area contributed by atoms with E-state index in [9.17, 15) is 8.42 Å². The van der Waals surface area contributed by atoms with Crippen molar-refractivity contribution in [2.24, 2.45) is 5.92 Å². The average molecular weight is 313 g/mol. The van der Waals surface area contributed by atoms with Gasteiger partial charge in [-0.1, -0.05) is 31.4 Å². The first kappa shape index (κ1) is 15.3. The van der Waals surface area contributed by atoms with E-state index < -0.39 is 10.0 Å². The van der Waals surface area contributed by atoms with E-state index in [0.29, 0.717) is 5.92 Å². The zero-order chi connectivity index (χ0) is 14.8. The number of halogens is 1. The normalized spacial score (nSPS) is 23.2. The highest BCUT2D eigenvalue weighted by Gasteiger charge is 2.25. The van der Waals surface area contributed by atoms with Crippen molar-refractivity contribution < 1.29 is 8.42 Å². The van der Waals surface area contributed by atoms with Crippen molar-refractivity contribution in [3.63, 3.8) is 0 Å². The first-order valence-electron chi connectivity index (χ1n) is 6.64. The fourth-order valence-corrected chi connectivity index (χ4v) is 4.18. The molecule has 0 aliphatic heterocycles. The lowest BCUT2D eigenvalue weighted by molar-refractivity contribution is 0.327. The number of nitriles is 1. The van der Waals surface area contributed by atoms with Gasteiger partial charge < -0.3 is 0 Å². The first-order chi connectivity index (χ1) is 9.42. The predicted octanol–water partition coefficient (Wildman–Crippen LogP) is 3.07. The first-order valence-corrected chi connectivity index (χ1v) is 8.50. The van der Waals surface area contributed by atoms with Gasteiger partial charge in [0.25, 0.3) is 0 Å². The molecule has 2 rings (SSSR count). The number of hydrogen-bond donors (Lipinski definition) is 1. The fraction of sp³-hybridized carbons (Fsp3) is 0.500. The van der Waals surface area contributed by atoms with Gasteiger partial charge in [0.15, 0.2) is 0 Å². The van der Waals surface area contributed by atoms with E-state index in [2.05, 4.69) is 11.6 Å². The van der Waals surface area contributed by atoms with Crippen molar-refractivity contribution in [3.05, 3.63) is 28.8 Å². The number of rotatable bonds is 3. The van der Waals surface area contributed by atoms with Crippen LogP contribution in [-0.2, 0) is 10.0 Å². The van der Waals surface area contributed by atoms with Crippen LogP contribution in [0.5, 0.6) is 0 Å². The second-order valence-electron chi connectivity index (χ2n) is 5.34. The second-order valence-corrected chi connectivity index (χ2v) is 7.46. The molecule has 0 amide bonds. The van der Waals surface area contributed by atoms with E-state index in [4.69, 9.17) is 16.9 Å². The van der Waals surface area contributed by atoms with E-state index in [1.54, 1.807) is 0 Å². The molecule has 1 aromatic rings. The van der Waals surface area contributed by atoms with Crippen LogP contribution in [0, 0.1) is 17.2 Å². The van der Waals surface area contributed by atoms with Crippen LogP contribution < -0.4 is 4.72 Å². The zero-order valence-corrected chi connectivity index (χ0v) is 12.8. The maximum atomic E-state index is 12.3. The smallest absolute Gasteiger partial charge is 0.208 e. The standard InChI is InChI=1S/C14H17ClN2O2S/c1-10-3-2-4-12(7-10)17-20(18,19)13-6-5-11(9-16)14(15)8-13/h5-6,8,10,12,17H,2-4,7H2,1H3. The van der Waals surface area contributed by atoms with Crippen LogP contribution in [0.1, 0.15) is 38.2 Å². The van der Waals surface area contributed by atoms with Crippen molar-refractivity contribution in [1.82, 2.24) is 4.72 Å². The molecule has 2 atom stereocenters. The molecule has 0 radical (unpaired) electrons. The van der Waals surface area contributed by atoms with Gasteiger partial charge in [-0.25, -0.2) is 13.1 Å². The van der Waals surface area contributed by atoms with Crippen molar-refractivity contribution in [3.8, 4) is 6.07 Å². The molecule has 0 heterocycles. The van der Waals surface area contributed by atoms with Crippen LogP contribution in [0.4, 0.5) is 0 Å². The van der Waals surface area contributed by atoms with Crippen molar-refractivity contribution >= 4 is 21.6 Å². The minimum atomic E-state index is -3.57. The maximum Gasteiger partial charge on any atom is 0.240 e. The minimum absolute atomic E-state index is 0.0156. The predicted molar refractivity (Wildman–Crippen MR) is 77.9 cm³/mol. The molecule has 1 fully saturated rings. The molecular formula is C14H17ClN2O2S. The van der Waals surface area contributed by atoms with Gasteiger partial charge in [-0.2, -0.15) is 5.26 Å². The van der Waals surface area contributed by atoms with Crippen molar-refractivity contribution in [2.45, 2.75) is 43.5 Å². The summed E-state index contributed by atoms with van der Waals surface area (Å²) in [7, 11) is -3.57. The van der Waals surface area contributed by atoms with E-state index >= 15 is 0 Å². The molecule has 2 unspecified atom stereocenters. The highest BCUT2D eigenvalue weighted by molar-refractivity contribution is 7.89. The van der Waals surface area contributed by atoms with Crippen LogP contribution in [0.15, 0.2) is 23.1 Å². The molecule has 108 valence electrons. The van der Waals surface area contributed by atoms with E-state index in [1.807, 2.05) is 6.07 Å². The molecule has 0 saturated heterocycles. The number of hydrogen-bond acceptors (Lipinski definition) is 3. The summed E-state index contributed by atoms with van der Waals surface area (Å²) in [6.07, 6.45) is 3.93. The van der Waals surface area contributed by atoms with Gasteiger partial charge in [0.05, 0.1) is 15.5 Å². The maximum absolute atomic E-state index is 12.3. The Labute approximate surface area is 124 Å². The lowest BCUT2D eigenvalue weighted by Crippen LogP contribution is -2.37. The second kappa shape index (κ2) is 6.13. The Kier molecular flexibility index (Phi) is 4.69. The van der Waals surface area contributed by atoms with Crippen LogP contribution in [0.2, 0.25) is 5.02 Å². The zero-order valence-electron chi connectivity index (χ0n) is 11.3. The number of sulfonamides is 1. The fourth-order valence-electron chi connectivity index (χ4n) is 2.58. The molecule has 0 aromatic heterocycles. The molecule has 6 heteroatoms. The largest absolute Gasteiger partial charge is 0.240 e. The quantitative estimate of drug-likeness (QED) is 0.932.